The number of hydrogen-bond donors (Lipinski definition) is 2. The summed E-state index contributed by atoms with van der Waals surface area (Å²) in [6.45, 7) is 2.20. The summed E-state index contributed by atoms with van der Waals surface area (Å²) < 4.78 is 5.35. The largest absolute Gasteiger partial charge is 0.399 e. The van der Waals surface area contributed by atoms with Gasteiger partial charge >= 0.3 is 0 Å². The third-order valence-corrected chi connectivity index (χ3v) is 2.82. The second kappa shape index (κ2) is 5.63. The predicted octanol–water partition coefficient (Wildman–Crippen LogP) is 0.820. The van der Waals surface area contributed by atoms with Gasteiger partial charge in [0.25, 0.3) is 5.91 Å². The zero-order chi connectivity index (χ0) is 12.1. The maximum atomic E-state index is 11.8. The number of ether oxygens (including phenoxy) is 1. The van der Waals surface area contributed by atoms with Gasteiger partial charge in [0.2, 0.25) is 0 Å². The fourth-order valence-electron chi connectivity index (χ4n) is 1.87. The molecule has 0 bridgehead atoms. The number of nitrogens with one attached hydrogen (secondary N) is 1. The van der Waals surface area contributed by atoms with Crippen molar-refractivity contribution in [3.05, 3.63) is 24.0 Å². The minimum Gasteiger partial charge on any atom is -0.399 e. The van der Waals surface area contributed by atoms with E-state index >= 15 is 0 Å². The molecule has 0 radical (unpaired) electrons. The van der Waals surface area contributed by atoms with E-state index in [1.54, 1.807) is 12.1 Å². The quantitative estimate of drug-likeness (QED) is 0.813. The van der Waals surface area contributed by atoms with Gasteiger partial charge in [0.05, 0.1) is 6.61 Å². The first-order chi connectivity index (χ1) is 8.25. The molecule has 3 N–H and O–H groups in total. The van der Waals surface area contributed by atoms with Crippen LogP contribution in [-0.4, -0.2) is 30.6 Å². The summed E-state index contributed by atoms with van der Waals surface area (Å²) in [5, 5.41) is 2.86. The van der Waals surface area contributed by atoms with Crippen molar-refractivity contribution >= 4 is 11.6 Å². The summed E-state index contributed by atoms with van der Waals surface area (Å²) in [6, 6.07) is 3.23. The number of anilines is 1. The first-order valence-corrected chi connectivity index (χ1v) is 5.83. The topological polar surface area (TPSA) is 77.2 Å². The lowest BCUT2D eigenvalue weighted by atomic mass is 10.0. The molecule has 0 aromatic carbocycles. The van der Waals surface area contributed by atoms with Crippen molar-refractivity contribution in [3.63, 3.8) is 0 Å². The zero-order valence-electron chi connectivity index (χ0n) is 9.69. The number of carbonyl (C=O) groups is 1. The number of rotatable bonds is 3. The molecule has 2 heterocycles. The molecular formula is C12H17N3O2. The lowest BCUT2D eigenvalue weighted by Gasteiger charge is -2.22. The molecule has 5 nitrogen and oxygen atoms in total. The molecule has 1 aromatic heterocycles. The Morgan fingerprint density at radius 3 is 3.24 bits per heavy atom. The Morgan fingerprint density at radius 1 is 1.65 bits per heavy atom. The number of pyridine rings is 1. The van der Waals surface area contributed by atoms with Crippen LogP contribution in [0.4, 0.5) is 5.69 Å². The van der Waals surface area contributed by atoms with Gasteiger partial charge < -0.3 is 15.8 Å². The van der Waals surface area contributed by atoms with Gasteiger partial charge in [-0.3, -0.25) is 9.78 Å². The van der Waals surface area contributed by atoms with Gasteiger partial charge in [-0.1, -0.05) is 0 Å². The summed E-state index contributed by atoms with van der Waals surface area (Å²) in [5.41, 5.74) is 6.51. The number of aromatic nitrogens is 1. The second-order valence-electron chi connectivity index (χ2n) is 4.27. The zero-order valence-corrected chi connectivity index (χ0v) is 9.69. The Bertz CT molecular complexity index is 389. The van der Waals surface area contributed by atoms with Crippen LogP contribution in [-0.2, 0) is 4.74 Å². The van der Waals surface area contributed by atoms with Gasteiger partial charge in [-0.25, -0.2) is 0 Å². The van der Waals surface area contributed by atoms with Crippen LogP contribution in [0.3, 0.4) is 0 Å². The van der Waals surface area contributed by atoms with E-state index in [0.29, 0.717) is 23.8 Å². The minimum atomic E-state index is -0.178. The Kier molecular flexibility index (Phi) is 3.93. The van der Waals surface area contributed by atoms with Crippen LogP contribution in [0.1, 0.15) is 23.3 Å². The number of nitrogen functional groups attached to an aromatic ring is 1. The average molecular weight is 235 g/mol. The van der Waals surface area contributed by atoms with Crippen molar-refractivity contribution in [1.29, 1.82) is 0 Å². The van der Waals surface area contributed by atoms with Crippen molar-refractivity contribution in [1.82, 2.24) is 10.3 Å². The molecule has 1 unspecified atom stereocenters. The third kappa shape index (κ3) is 3.42. The highest BCUT2D eigenvalue weighted by atomic mass is 16.5. The van der Waals surface area contributed by atoms with E-state index in [1.165, 1.54) is 6.20 Å². The van der Waals surface area contributed by atoms with Gasteiger partial charge in [-0.15, -0.1) is 0 Å². The van der Waals surface area contributed by atoms with Crippen molar-refractivity contribution in [2.45, 2.75) is 12.8 Å². The monoisotopic (exact) mass is 235 g/mol. The molecule has 5 heteroatoms. The Labute approximate surface area is 100 Å². The van der Waals surface area contributed by atoms with Crippen LogP contribution < -0.4 is 11.1 Å². The molecule has 1 aromatic rings. The summed E-state index contributed by atoms with van der Waals surface area (Å²) in [5.74, 6) is 0.233. The van der Waals surface area contributed by atoms with Crippen LogP contribution >= 0.6 is 0 Å². The standard InChI is InChI=1S/C12H17N3O2/c13-10-3-4-14-11(6-10)12(16)15-7-9-2-1-5-17-8-9/h3-4,6,9H,1-2,5,7-8H2,(H2,13,14)(H,15,16). The predicted molar refractivity (Wildman–Crippen MR) is 64.5 cm³/mol. The maximum Gasteiger partial charge on any atom is 0.269 e. The summed E-state index contributed by atoms with van der Waals surface area (Å²) >= 11 is 0. The van der Waals surface area contributed by atoms with Crippen LogP contribution in [0.15, 0.2) is 18.3 Å². The normalized spacial score (nSPS) is 19.9. The number of nitrogens with two attached hydrogens (primary N) is 1. The van der Waals surface area contributed by atoms with E-state index in [-0.39, 0.29) is 5.91 Å². The fraction of sp³-hybridized carbons (Fsp3) is 0.500. The van der Waals surface area contributed by atoms with Gasteiger partial charge in [0.15, 0.2) is 0 Å². The highest BCUT2D eigenvalue weighted by molar-refractivity contribution is 5.92. The molecule has 1 amide bonds. The van der Waals surface area contributed by atoms with Crippen LogP contribution in [0.2, 0.25) is 0 Å². The lowest BCUT2D eigenvalue weighted by molar-refractivity contribution is 0.0535. The third-order valence-electron chi connectivity index (χ3n) is 2.82. The van der Waals surface area contributed by atoms with E-state index in [2.05, 4.69) is 10.3 Å². The Hall–Kier alpha value is -1.62. The smallest absolute Gasteiger partial charge is 0.269 e. The van der Waals surface area contributed by atoms with Gasteiger partial charge in [0.1, 0.15) is 5.69 Å². The average Bonchev–Trinajstić information content (AvgIpc) is 2.37. The first-order valence-electron chi connectivity index (χ1n) is 5.83. The molecule has 2 rings (SSSR count). The Morgan fingerprint density at radius 2 is 2.53 bits per heavy atom. The molecule has 1 fully saturated rings. The van der Waals surface area contributed by atoms with E-state index < -0.39 is 0 Å². The molecule has 0 aliphatic carbocycles. The van der Waals surface area contributed by atoms with Crippen molar-refractivity contribution in [3.8, 4) is 0 Å². The number of hydrogen-bond acceptors (Lipinski definition) is 4. The summed E-state index contributed by atoms with van der Waals surface area (Å²) in [7, 11) is 0. The summed E-state index contributed by atoms with van der Waals surface area (Å²) in [6.07, 6.45) is 3.70. The van der Waals surface area contributed by atoms with Crippen molar-refractivity contribution in [2.75, 3.05) is 25.5 Å². The number of nitrogens with zero attached hydrogens (tertiary/aromatic N) is 1. The molecule has 1 aliphatic heterocycles. The SMILES string of the molecule is Nc1ccnc(C(=O)NCC2CCCOC2)c1. The molecule has 1 atom stereocenters. The van der Waals surface area contributed by atoms with Gasteiger partial charge in [-0.05, 0) is 30.9 Å². The molecule has 0 saturated carbocycles. The number of amides is 1. The highest BCUT2D eigenvalue weighted by Crippen LogP contribution is 2.12. The van der Waals surface area contributed by atoms with Gasteiger partial charge in [-0.2, -0.15) is 0 Å². The van der Waals surface area contributed by atoms with E-state index in [0.717, 1.165) is 26.1 Å². The van der Waals surface area contributed by atoms with Crippen LogP contribution in [0, 0.1) is 5.92 Å². The fourth-order valence-corrected chi connectivity index (χ4v) is 1.87. The van der Waals surface area contributed by atoms with E-state index in [9.17, 15) is 4.79 Å². The summed E-state index contributed by atoms with van der Waals surface area (Å²) in [4.78, 5) is 15.7. The highest BCUT2D eigenvalue weighted by Gasteiger charge is 2.15. The lowest BCUT2D eigenvalue weighted by Crippen LogP contribution is -2.33. The minimum absolute atomic E-state index is 0.178. The van der Waals surface area contributed by atoms with E-state index in [4.69, 9.17) is 10.5 Å². The molecular weight excluding hydrogens is 218 g/mol. The molecule has 92 valence electrons. The molecule has 17 heavy (non-hydrogen) atoms. The maximum absolute atomic E-state index is 11.8. The van der Waals surface area contributed by atoms with E-state index in [1.807, 2.05) is 0 Å². The first kappa shape index (κ1) is 11.9. The Balaban J connectivity index is 1.84. The number of carbonyl (C=O) groups excluding carboxylic acids is 1. The van der Waals surface area contributed by atoms with Crippen molar-refractivity contribution in [2.24, 2.45) is 5.92 Å². The molecule has 0 spiro atoms. The van der Waals surface area contributed by atoms with Crippen LogP contribution in [0.25, 0.3) is 0 Å². The molecule has 1 saturated heterocycles. The van der Waals surface area contributed by atoms with Gasteiger partial charge in [0, 0.05) is 25.0 Å². The van der Waals surface area contributed by atoms with Crippen LogP contribution in [0.5, 0.6) is 0 Å². The van der Waals surface area contributed by atoms with Crippen molar-refractivity contribution < 1.29 is 9.53 Å². The second-order valence-corrected chi connectivity index (χ2v) is 4.27. The molecule has 1 aliphatic rings.